The van der Waals surface area contributed by atoms with E-state index in [1.807, 2.05) is 6.92 Å². The second kappa shape index (κ2) is 8.77. The van der Waals surface area contributed by atoms with Crippen LogP contribution in [0.15, 0.2) is 41.4 Å². The highest BCUT2D eigenvalue weighted by atomic mass is 32.2. The molecule has 0 bridgehead atoms. The molecule has 1 aromatic heterocycles. The maximum atomic E-state index is 12.8. The first kappa shape index (κ1) is 19.7. The van der Waals surface area contributed by atoms with Crippen LogP contribution in [0, 0.1) is 6.92 Å². The molecule has 0 aliphatic carbocycles. The number of amides is 1. The molecule has 0 saturated carbocycles. The number of sulfonamides is 1. The second-order valence-electron chi connectivity index (χ2n) is 6.49. The Morgan fingerprint density at radius 3 is 2.41 bits per heavy atom. The summed E-state index contributed by atoms with van der Waals surface area (Å²) in [5.41, 5.74) is 0.760. The normalized spacial score (nSPS) is 16.3. The van der Waals surface area contributed by atoms with Crippen LogP contribution < -0.4 is 5.32 Å². The van der Waals surface area contributed by atoms with Gasteiger partial charge in [-0.2, -0.15) is 4.31 Å². The Labute approximate surface area is 164 Å². The van der Waals surface area contributed by atoms with Crippen molar-refractivity contribution in [1.29, 1.82) is 0 Å². The van der Waals surface area contributed by atoms with E-state index in [9.17, 15) is 13.2 Å². The van der Waals surface area contributed by atoms with Gasteiger partial charge in [0.1, 0.15) is 0 Å². The molecular formula is C19H23N3O3S2. The number of carbonyl (C=O) groups is 1. The number of aromatic nitrogens is 1. The van der Waals surface area contributed by atoms with Crippen LogP contribution in [0.5, 0.6) is 0 Å². The third-order valence-corrected chi connectivity index (χ3v) is 7.10. The molecule has 144 valence electrons. The SMILES string of the molecule is Cc1cnc(NC(=O)/C=C/c2ccc(S(=O)(=O)N3CCCCCC3)cc2)s1. The highest BCUT2D eigenvalue weighted by Crippen LogP contribution is 2.21. The molecular weight excluding hydrogens is 382 g/mol. The van der Waals surface area contributed by atoms with Gasteiger partial charge in [-0.15, -0.1) is 11.3 Å². The molecule has 2 aromatic rings. The Morgan fingerprint density at radius 2 is 1.81 bits per heavy atom. The quantitative estimate of drug-likeness (QED) is 0.770. The Hall–Kier alpha value is -2.03. The number of hydrogen-bond acceptors (Lipinski definition) is 5. The molecule has 1 N–H and O–H groups in total. The number of anilines is 1. The summed E-state index contributed by atoms with van der Waals surface area (Å²) in [5.74, 6) is -0.273. The number of carbonyl (C=O) groups excluding carboxylic acids is 1. The van der Waals surface area contributed by atoms with Gasteiger partial charge in [0.05, 0.1) is 4.90 Å². The van der Waals surface area contributed by atoms with Crippen LogP contribution in [-0.4, -0.2) is 36.7 Å². The van der Waals surface area contributed by atoms with Crippen LogP contribution >= 0.6 is 11.3 Å². The average Bonchev–Trinajstić information content (AvgIpc) is 2.88. The number of hydrogen-bond donors (Lipinski definition) is 1. The maximum absolute atomic E-state index is 12.8. The minimum Gasteiger partial charge on any atom is -0.298 e. The first-order valence-electron chi connectivity index (χ1n) is 8.97. The van der Waals surface area contributed by atoms with E-state index in [2.05, 4.69) is 10.3 Å². The number of thiazole rings is 1. The monoisotopic (exact) mass is 405 g/mol. The third-order valence-electron chi connectivity index (χ3n) is 4.36. The van der Waals surface area contributed by atoms with Crippen LogP contribution in [0.4, 0.5) is 5.13 Å². The van der Waals surface area contributed by atoms with Crippen molar-refractivity contribution in [2.75, 3.05) is 18.4 Å². The molecule has 2 heterocycles. The molecule has 1 aromatic carbocycles. The smallest absolute Gasteiger partial charge is 0.250 e. The Bertz CT molecular complexity index is 910. The van der Waals surface area contributed by atoms with Crippen molar-refractivity contribution in [3.8, 4) is 0 Å². The zero-order valence-corrected chi connectivity index (χ0v) is 16.9. The van der Waals surface area contributed by atoms with Crippen molar-refractivity contribution in [2.45, 2.75) is 37.5 Å². The molecule has 1 amide bonds. The van der Waals surface area contributed by atoms with Gasteiger partial charge < -0.3 is 0 Å². The van der Waals surface area contributed by atoms with E-state index in [-0.39, 0.29) is 5.91 Å². The van der Waals surface area contributed by atoms with E-state index in [1.54, 1.807) is 40.8 Å². The minimum absolute atomic E-state index is 0.273. The average molecular weight is 406 g/mol. The number of benzene rings is 1. The molecule has 6 nitrogen and oxygen atoms in total. The molecule has 8 heteroatoms. The first-order chi connectivity index (χ1) is 12.9. The summed E-state index contributed by atoms with van der Waals surface area (Å²) in [4.78, 5) is 17.3. The van der Waals surface area contributed by atoms with Crippen molar-refractivity contribution in [3.05, 3.63) is 47.0 Å². The molecule has 1 aliphatic rings. The number of aryl methyl sites for hydroxylation is 1. The highest BCUT2D eigenvalue weighted by molar-refractivity contribution is 7.89. The number of nitrogens with zero attached hydrogens (tertiary/aromatic N) is 2. The van der Waals surface area contributed by atoms with Crippen molar-refractivity contribution in [2.24, 2.45) is 0 Å². The zero-order valence-electron chi connectivity index (χ0n) is 15.2. The van der Waals surface area contributed by atoms with Crippen molar-refractivity contribution >= 4 is 38.5 Å². The van der Waals surface area contributed by atoms with Gasteiger partial charge in [0, 0.05) is 30.2 Å². The molecule has 0 spiro atoms. The van der Waals surface area contributed by atoms with Gasteiger partial charge in [0.15, 0.2) is 5.13 Å². The van der Waals surface area contributed by atoms with E-state index in [0.717, 1.165) is 36.1 Å². The fraction of sp³-hybridized carbons (Fsp3) is 0.368. The van der Waals surface area contributed by atoms with Crippen molar-refractivity contribution in [3.63, 3.8) is 0 Å². The second-order valence-corrected chi connectivity index (χ2v) is 9.66. The number of rotatable bonds is 5. The lowest BCUT2D eigenvalue weighted by Gasteiger charge is -2.19. The lowest BCUT2D eigenvalue weighted by Crippen LogP contribution is -2.31. The van der Waals surface area contributed by atoms with Gasteiger partial charge in [0.25, 0.3) is 0 Å². The van der Waals surface area contributed by atoms with E-state index in [4.69, 9.17) is 0 Å². The van der Waals surface area contributed by atoms with E-state index in [1.165, 1.54) is 17.4 Å². The zero-order chi connectivity index (χ0) is 19.3. The predicted octanol–water partition coefficient (Wildman–Crippen LogP) is 3.67. The molecule has 1 saturated heterocycles. The largest absolute Gasteiger partial charge is 0.298 e. The Morgan fingerprint density at radius 1 is 1.15 bits per heavy atom. The van der Waals surface area contributed by atoms with Crippen LogP contribution in [-0.2, 0) is 14.8 Å². The molecule has 0 radical (unpaired) electrons. The van der Waals surface area contributed by atoms with E-state index in [0.29, 0.717) is 23.1 Å². The Kier molecular flexibility index (Phi) is 6.41. The maximum Gasteiger partial charge on any atom is 0.250 e. The molecule has 1 aliphatic heterocycles. The summed E-state index contributed by atoms with van der Waals surface area (Å²) in [6.07, 6.45) is 8.75. The lowest BCUT2D eigenvalue weighted by atomic mass is 10.2. The van der Waals surface area contributed by atoms with Crippen molar-refractivity contribution in [1.82, 2.24) is 9.29 Å². The van der Waals surface area contributed by atoms with Gasteiger partial charge in [-0.3, -0.25) is 10.1 Å². The van der Waals surface area contributed by atoms with Gasteiger partial charge in [-0.25, -0.2) is 13.4 Å². The fourth-order valence-corrected chi connectivity index (χ4v) is 5.10. The lowest BCUT2D eigenvalue weighted by molar-refractivity contribution is -0.111. The molecule has 0 unspecified atom stereocenters. The van der Waals surface area contributed by atoms with Gasteiger partial charge in [0.2, 0.25) is 15.9 Å². The number of nitrogens with one attached hydrogen (secondary N) is 1. The topological polar surface area (TPSA) is 79.4 Å². The van der Waals surface area contributed by atoms with Gasteiger partial charge in [-0.1, -0.05) is 25.0 Å². The third kappa shape index (κ3) is 5.24. The molecule has 0 atom stereocenters. The summed E-state index contributed by atoms with van der Waals surface area (Å²) < 4.78 is 27.1. The Balaban J connectivity index is 1.64. The summed E-state index contributed by atoms with van der Waals surface area (Å²) in [6, 6.07) is 6.62. The minimum atomic E-state index is -3.45. The molecule has 27 heavy (non-hydrogen) atoms. The fourth-order valence-electron chi connectivity index (χ4n) is 2.91. The van der Waals surface area contributed by atoms with E-state index < -0.39 is 10.0 Å². The molecule has 1 fully saturated rings. The first-order valence-corrected chi connectivity index (χ1v) is 11.2. The van der Waals surface area contributed by atoms with Gasteiger partial charge >= 0.3 is 0 Å². The summed E-state index contributed by atoms with van der Waals surface area (Å²) in [6.45, 7) is 3.09. The standard InChI is InChI=1S/C19H23N3O3S2/c1-15-14-20-19(26-15)21-18(23)11-8-16-6-9-17(10-7-16)27(24,25)22-12-4-2-3-5-13-22/h6-11,14H,2-5,12-13H2,1H3,(H,20,21,23)/b11-8+. The van der Waals surface area contributed by atoms with Gasteiger partial charge in [-0.05, 0) is 43.5 Å². The van der Waals surface area contributed by atoms with E-state index >= 15 is 0 Å². The highest BCUT2D eigenvalue weighted by Gasteiger charge is 2.24. The summed E-state index contributed by atoms with van der Waals surface area (Å²) in [7, 11) is -3.45. The van der Waals surface area contributed by atoms with Crippen LogP contribution in [0.25, 0.3) is 6.08 Å². The van der Waals surface area contributed by atoms with Crippen LogP contribution in [0.3, 0.4) is 0 Å². The summed E-state index contributed by atoms with van der Waals surface area (Å²) in [5, 5.41) is 3.25. The van der Waals surface area contributed by atoms with Crippen LogP contribution in [0.2, 0.25) is 0 Å². The molecule has 3 rings (SSSR count). The summed E-state index contributed by atoms with van der Waals surface area (Å²) >= 11 is 1.41. The predicted molar refractivity (Wildman–Crippen MR) is 108 cm³/mol. The van der Waals surface area contributed by atoms with Crippen molar-refractivity contribution < 1.29 is 13.2 Å². The van der Waals surface area contributed by atoms with Crippen LogP contribution in [0.1, 0.15) is 36.1 Å².